The lowest BCUT2D eigenvalue weighted by Gasteiger charge is -2.27. The minimum absolute atomic E-state index is 0.0635. The number of hydrogen-bond donors (Lipinski definition) is 1. The van der Waals surface area contributed by atoms with Crippen molar-refractivity contribution in [2.75, 3.05) is 36.5 Å². The van der Waals surface area contributed by atoms with E-state index in [4.69, 9.17) is 4.74 Å². The predicted molar refractivity (Wildman–Crippen MR) is 80.3 cm³/mol. The van der Waals surface area contributed by atoms with Crippen molar-refractivity contribution in [3.63, 3.8) is 0 Å². The molecule has 0 unspecified atom stereocenters. The molecule has 2 aliphatic rings. The van der Waals surface area contributed by atoms with E-state index in [9.17, 15) is 4.79 Å². The van der Waals surface area contributed by atoms with Gasteiger partial charge in [0.25, 0.3) is 0 Å². The van der Waals surface area contributed by atoms with Crippen LogP contribution in [0.2, 0.25) is 0 Å². The number of carbonyl (C=O) groups is 1. The average molecular weight is 290 g/mol. The molecule has 0 atom stereocenters. The van der Waals surface area contributed by atoms with Crippen LogP contribution >= 0.6 is 0 Å². The fraction of sp³-hybridized carbons (Fsp3) is 0.667. The third-order valence-corrected chi connectivity index (χ3v) is 4.20. The number of amides is 1. The second-order valence-electron chi connectivity index (χ2n) is 5.76. The van der Waals surface area contributed by atoms with Gasteiger partial charge in [0, 0.05) is 25.6 Å². The van der Waals surface area contributed by atoms with E-state index in [2.05, 4.69) is 20.2 Å². The summed E-state index contributed by atoms with van der Waals surface area (Å²) >= 11 is 0. The third-order valence-electron chi connectivity index (χ3n) is 4.20. The fourth-order valence-corrected chi connectivity index (χ4v) is 3.05. The lowest BCUT2D eigenvalue weighted by molar-refractivity contribution is -0.117. The molecule has 1 saturated heterocycles. The number of rotatable bonds is 4. The Morgan fingerprint density at radius 1 is 1.29 bits per heavy atom. The van der Waals surface area contributed by atoms with Gasteiger partial charge in [0.15, 0.2) is 0 Å². The van der Waals surface area contributed by atoms with Crippen molar-refractivity contribution >= 4 is 17.5 Å². The van der Waals surface area contributed by atoms with Crippen LogP contribution in [0.3, 0.4) is 0 Å². The number of anilines is 2. The van der Waals surface area contributed by atoms with Crippen LogP contribution in [0.5, 0.6) is 0 Å². The molecule has 1 amide bonds. The monoisotopic (exact) mass is 290 g/mol. The highest BCUT2D eigenvalue weighted by Crippen LogP contribution is 2.27. The summed E-state index contributed by atoms with van der Waals surface area (Å²) in [6.07, 6.45) is 6.98. The molecule has 0 spiro atoms. The minimum atomic E-state index is 0.0635. The number of carbonyl (C=O) groups excluding carboxylic acids is 1. The molecule has 1 saturated carbocycles. The van der Waals surface area contributed by atoms with E-state index in [1.54, 1.807) is 0 Å². The molecule has 1 aliphatic carbocycles. The first kappa shape index (κ1) is 14.3. The Morgan fingerprint density at radius 2 is 2.05 bits per heavy atom. The smallest absolute Gasteiger partial charge is 0.225 e. The van der Waals surface area contributed by atoms with Crippen molar-refractivity contribution in [3.05, 3.63) is 12.4 Å². The van der Waals surface area contributed by atoms with Gasteiger partial charge in [-0.1, -0.05) is 12.8 Å². The molecular formula is C15H22N4O2. The second-order valence-corrected chi connectivity index (χ2v) is 5.76. The molecule has 0 radical (unpaired) electrons. The van der Waals surface area contributed by atoms with Crippen LogP contribution in [0.1, 0.15) is 32.1 Å². The summed E-state index contributed by atoms with van der Waals surface area (Å²) in [5, 5.41) is 2.90. The Bertz CT molecular complexity index is 482. The van der Waals surface area contributed by atoms with Crippen LogP contribution < -0.4 is 10.2 Å². The van der Waals surface area contributed by atoms with E-state index in [0.29, 0.717) is 31.4 Å². The molecule has 6 heteroatoms. The molecule has 1 aromatic rings. The summed E-state index contributed by atoms with van der Waals surface area (Å²) < 4.78 is 5.34. The lowest BCUT2D eigenvalue weighted by Crippen LogP contribution is -2.36. The zero-order valence-corrected chi connectivity index (χ0v) is 12.3. The molecule has 2 fully saturated rings. The van der Waals surface area contributed by atoms with Gasteiger partial charge in [-0.15, -0.1) is 0 Å². The van der Waals surface area contributed by atoms with Crippen LogP contribution in [0.4, 0.5) is 11.6 Å². The van der Waals surface area contributed by atoms with Crippen LogP contribution in [0, 0.1) is 5.92 Å². The molecule has 2 heterocycles. The van der Waals surface area contributed by atoms with Gasteiger partial charge in [0.1, 0.15) is 18.0 Å². The Kier molecular flexibility index (Phi) is 4.65. The van der Waals surface area contributed by atoms with Crippen LogP contribution in [0.25, 0.3) is 0 Å². The number of morpholine rings is 1. The molecule has 21 heavy (non-hydrogen) atoms. The summed E-state index contributed by atoms with van der Waals surface area (Å²) in [5.74, 6) is 2.05. The fourth-order valence-electron chi connectivity index (χ4n) is 3.05. The van der Waals surface area contributed by atoms with Crippen LogP contribution in [-0.2, 0) is 9.53 Å². The highest BCUT2D eigenvalue weighted by atomic mass is 16.5. The molecule has 3 rings (SSSR count). The maximum atomic E-state index is 12.1. The largest absolute Gasteiger partial charge is 0.378 e. The highest BCUT2D eigenvalue weighted by Gasteiger charge is 2.19. The zero-order chi connectivity index (χ0) is 14.5. The summed E-state index contributed by atoms with van der Waals surface area (Å²) in [5.41, 5.74) is 0. The summed E-state index contributed by atoms with van der Waals surface area (Å²) in [6, 6.07) is 1.85. The van der Waals surface area contributed by atoms with Crippen LogP contribution in [-0.4, -0.2) is 42.2 Å². The van der Waals surface area contributed by atoms with Crippen molar-refractivity contribution in [2.24, 2.45) is 5.92 Å². The molecular weight excluding hydrogens is 268 g/mol. The number of hydrogen-bond acceptors (Lipinski definition) is 5. The zero-order valence-electron chi connectivity index (χ0n) is 12.3. The van der Waals surface area contributed by atoms with Crippen molar-refractivity contribution in [1.29, 1.82) is 0 Å². The van der Waals surface area contributed by atoms with Crippen molar-refractivity contribution < 1.29 is 9.53 Å². The van der Waals surface area contributed by atoms with E-state index in [0.717, 1.165) is 18.9 Å². The summed E-state index contributed by atoms with van der Waals surface area (Å²) in [7, 11) is 0. The quantitative estimate of drug-likeness (QED) is 0.916. The van der Waals surface area contributed by atoms with Crippen molar-refractivity contribution in [2.45, 2.75) is 32.1 Å². The molecule has 1 aromatic heterocycles. The summed E-state index contributed by atoms with van der Waals surface area (Å²) in [4.78, 5) is 22.6. The highest BCUT2D eigenvalue weighted by molar-refractivity contribution is 5.90. The number of nitrogens with zero attached hydrogens (tertiary/aromatic N) is 3. The average Bonchev–Trinajstić information content (AvgIpc) is 3.01. The number of ether oxygens (including phenoxy) is 1. The van der Waals surface area contributed by atoms with Gasteiger partial charge in [-0.05, 0) is 18.8 Å². The van der Waals surface area contributed by atoms with E-state index >= 15 is 0 Å². The van der Waals surface area contributed by atoms with Crippen LogP contribution in [0.15, 0.2) is 12.4 Å². The van der Waals surface area contributed by atoms with Gasteiger partial charge in [-0.3, -0.25) is 4.79 Å². The molecule has 6 nitrogen and oxygen atoms in total. The second kappa shape index (κ2) is 6.85. The van der Waals surface area contributed by atoms with Crippen molar-refractivity contribution in [3.8, 4) is 0 Å². The third kappa shape index (κ3) is 3.91. The standard InChI is InChI=1S/C15H22N4O2/c20-15(9-12-3-1-2-4-12)18-13-10-14(17-11-16-13)19-5-7-21-8-6-19/h10-12H,1-9H2,(H,16,17,18,20). The Labute approximate surface area is 124 Å². The minimum Gasteiger partial charge on any atom is -0.378 e. The maximum absolute atomic E-state index is 12.1. The van der Waals surface area contributed by atoms with E-state index in [1.807, 2.05) is 6.07 Å². The summed E-state index contributed by atoms with van der Waals surface area (Å²) in [6.45, 7) is 3.08. The molecule has 0 aromatic carbocycles. The normalized spacial score (nSPS) is 19.7. The van der Waals surface area contributed by atoms with Gasteiger partial charge >= 0.3 is 0 Å². The first-order chi connectivity index (χ1) is 10.3. The molecule has 1 aliphatic heterocycles. The first-order valence-corrected chi connectivity index (χ1v) is 7.76. The lowest BCUT2D eigenvalue weighted by atomic mass is 10.0. The molecule has 0 bridgehead atoms. The van der Waals surface area contributed by atoms with Gasteiger partial charge in [-0.25, -0.2) is 9.97 Å². The van der Waals surface area contributed by atoms with E-state index in [-0.39, 0.29) is 5.91 Å². The Morgan fingerprint density at radius 3 is 2.81 bits per heavy atom. The first-order valence-electron chi connectivity index (χ1n) is 7.76. The number of nitrogens with one attached hydrogen (secondary N) is 1. The van der Waals surface area contributed by atoms with E-state index in [1.165, 1.54) is 32.0 Å². The SMILES string of the molecule is O=C(CC1CCCC1)Nc1cc(N2CCOCC2)ncn1. The van der Waals surface area contributed by atoms with Gasteiger partial charge < -0.3 is 15.0 Å². The van der Waals surface area contributed by atoms with Gasteiger partial charge in [0.2, 0.25) is 5.91 Å². The van der Waals surface area contributed by atoms with Gasteiger partial charge in [0.05, 0.1) is 13.2 Å². The topological polar surface area (TPSA) is 67.4 Å². The van der Waals surface area contributed by atoms with Gasteiger partial charge in [-0.2, -0.15) is 0 Å². The number of aromatic nitrogens is 2. The van der Waals surface area contributed by atoms with Crippen molar-refractivity contribution in [1.82, 2.24) is 9.97 Å². The molecule has 1 N–H and O–H groups in total. The maximum Gasteiger partial charge on any atom is 0.225 e. The molecule has 114 valence electrons. The Balaban J connectivity index is 1.58. The van der Waals surface area contributed by atoms with E-state index < -0.39 is 0 Å². The Hall–Kier alpha value is -1.69. The predicted octanol–water partition coefficient (Wildman–Crippen LogP) is 1.83.